The summed E-state index contributed by atoms with van der Waals surface area (Å²) in [6.07, 6.45) is 7.27. The molecule has 0 radical (unpaired) electrons. The van der Waals surface area contributed by atoms with E-state index in [9.17, 15) is 8.42 Å². The van der Waals surface area contributed by atoms with Crippen LogP contribution < -0.4 is 4.72 Å². The summed E-state index contributed by atoms with van der Waals surface area (Å²) < 4.78 is 34.7. The van der Waals surface area contributed by atoms with Gasteiger partial charge in [-0.2, -0.15) is 5.10 Å². The van der Waals surface area contributed by atoms with Crippen molar-refractivity contribution in [3.05, 3.63) is 48.9 Å². The second kappa shape index (κ2) is 6.36. The van der Waals surface area contributed by atoms with Gasteiger partial charge in [0.25, 0.3) is 10.0 Å². The van der Waals surface area contributed by atoms with Crippen molar-refractivity contribution in [3.8, 4) is 11.3 Å². The second-order valence-electron chi connectivity index (χ2n) is 6.12. The Hall–Kier alpha value is -2.61. The number of aromatic nitrogens is 3. The molecule has 3 aromatic rings. The summed E-state index contributed by atoms with van der Waals surface area (Å²) in [7, 11) is -3.83. The van der Waals surface area contributed by atoms with E-state index in [1.54, 1.807) is 10.9 Å². The summed E-state index contributed by atoms with van der Waals surface area (Å²) in [4.78, 5) is 0.147. The molecule has 0 aliphatic heterocycles. The van der Waals surface area contributed by atoms with Crippen molar-refractivity contribution in [2.75, 3.05) is 4.72 Å². The van der Waals surface area contributed by atoms with E-state index in [-0.39, 0.29) is 16.8 Å². The first-order chi connectivity index (χ1) is 12.1. The molecule has 25 heavy (non-hydrogen) atoms. The molecule has 0 amide bonds. The maximum Gasteiger partial charge on any atom is 0.266 e. The van der Waals surface area contributed by atoms with Gasteiger partial charge in [-0.25, -0.2) is 8.42 Å². The van der Waals surface area contributed by atoms with Crippen LogP contribution in [0.1, 0.15) is 31.7 Å². The lowest BCUT2D eigenvalue weighted by Gasteiger charge is -2.08. The lowest BCUT2D eigenvalue weighted by molar-refractivity contribution is 0.423. The van der Waals surface area contributed by atoms with Crippen LogP contribution in [-0.4, -0.2) is 23.4 Å². The SMILES string of the molecule is O=S(=O)(Nc1ccon1)c1cn(C2CCCC2)nc1-c1ccccc1. The Morgan fingerprint density at radius 2 is 1.88 bits per heavy atom. The Morgan fingerprint density at radius 3 is 2.56 bits per heavy atom. The topological polar surface area (TPSA) is 90.0 Å². The van der Waals surface area contributed by atoms with Crippen molar-refractivity contribution in [2.45, 2.75) is 36.6 Å². The van der Waals surface area contributed by atoms with E-state index in [0.717, 1.165) is 31.2 Å². The van der Waals surface area contributed by atoms with Gasteiger partial charge in [0, 0.05) is 17.8 Å². The molecular weight excluding hydrogens is 340 g/mol. The number of anilines is 1. The average molecular weight is 358 g/mol. The molecule has 4 rings (SSSR count). The number of nitrogens with zero attached hydrogens (tertiary/aromatic N) is 3. The highest BCUT2D eigenvalue weighted by Gasteiger charge is 2.27. The number of rotatable bonds is 5. The maximum absolute atomic E-state index is 12.9. The highest BCUT2D eigenvalue weighted by Crippen LogP contribution is 2.33. The molecule has 1 aliphatic rings. The molecule has 0 bridgehead atoms. The van der Waals surface area contributed by atoms with Crippen molar-refractivity contribution in [1.29, 1.82) is 0 Å². The van der Waals surface area contributed by atoms with Gasteiger partial charge in [-0.3, -0.25) is 9.40 Å². The maximum atomic E-state index is 12.9. The van der Waals surface area contributed by atoms with Crippen LogP contribution in [0, 0.1) is 0 Å². The van der Waals surface area contributed by atoms with Gasteiger partial charge < -0.3 is 4.52 Å². The van der Waals surface area contributed by atoms with Crippen LogP contribution in [-0.2, 0) is 10.0 Å². The first kappa shape index (κ1) is 15.9. The van der Waals surface area contributed by atoms with Gasteiger partial charge in [-0.15, -0.1) is 0 Å². The van der Waals surface area contributed by atoms with Crippen LogP contribution in [0.15, 0.2) is 58.3 Å². The molecule has 2 heterocycles. The Bertz CT molecular complexity index is 943. The molecule has 1 saturated carbocycles. The predicted molar refractivity (Wildman–Crippen MR) is 92.5 cm³/mol. The fourth-order valence-corrected chi connectivity index (χ4v) is 4.33. The van der Waals surface area contributed by atoms with E-state index in [1.165, 1.54) is 12.3 Å². The number of hydrogen-bond acceptors (Lipinski definition) is 5. The summed E-state index contributed by atoms with van der Waals surface area (Å²) in [6, 6.07) is 11.0. The molecule has 7 nitrogen and oxygen atoms in total. The van der Waals surface area contributed by atoms with Crippen molar-refractivity contribution >= 4 is 15.8 Å². The van der Waals surface area contributed by atoms with Gasteiger partial charge >= 0.3 is 0 Å². The molecule has 1 aromatic carbocycles. The van der Waals surface area contributed by atoms with Crippen LogP contribution in [0.3, 0.4) is 0 Å². The highest BCUT2D eigenvalue weighted by molar-refractivity contribution is 7.92. The number of hydrogen-bond donors (Lipinski definition) is 1. The Kier molecular flexibility index (Phi) is 4.04. The summed E-state index contributed by atoms with van der Waals surface area (Å²) >= 11 is 0. The second-order valence-corrected chi connectivity index (χ2v) is 7.77. The van der Waals surface area contributed by atoms with Crippen molar-refractivity contribution < 1.29 is 12.9 Å². The van der Waals surface area contributed by atoms with E-state index in [2.05, 4.69) is 15.0 Å². The van der Waals surface area contributed by atoms with E-state index < -0.39 is 10.0 Å². The largest absolute Gasteiger partial charge is 0.363 e. The van der Waals surface area contributed by atoms with Crippen LogP contribution in [0.25, 0.3) is 11.3 Å². The summed E-state index contributed by atoms with van der Waals surface area (Å²) in [5.74, 6) is 0.146. The van der Waals surface area contributed by atoms with Gasteiger partial charge in [-0.05, 0) is 12.8 Å². The molecule has 2 aromatic heterocycles. The average Bonchev–Trinajstić information content (AvgIpc) is 3.36. The third kappa shape index (κ3) is 3.17. The van der Waals surface area contributed by atoms with Gasteiger partial charge in [0.15, 0.2) is 5.82 Å². The fraction of sp³-hybridized carbons (Fsp3) is 0.294. The Morgan fingerprint density at radius 1 is 1.12 bits per heavy atom. The monoisotopic (exact) mass is 358 g/mol. The van der Waals surface area contributed by atoms with E-state index in [1.807, 2.05) is 30.3 Å². The zero-order valence-electron chi connectivity index (χ0n) is 13.5. The van der Waals surface area contributed by atoms with Gasteiger partial charge in [0.2, 0.25) is 0 Å². The predicted octanol–water partition coefficient (Wildman–Crippen LogP) is 3.45. The van der Waals surface area contributed by atoms with Crippen LogP contribution in [0.4, 0.5) is 5.82 Å². The standard InChI is InChI=1S/C17H18N4O3S/c22-25(23,20-16-10-11-24-19-16)15-12-21(14-8-4-5-9-14)18-17(15)13-6-2-1-3-7-13/h1-3,6-7,10-12,14H,4-5,8-9H2,(H,19,20). The lowest BCUT2D eigenvalue weighted by atomic mass is 10.2. The lowest BCUT2D eigenvalue weighted by Crippen LogP contribution is -2.13. The smallest absolute Gasteiger partial charge is 0.266 e. The molecule has 8 heteroatoms. The number of benzene rings is 1. The van der Waals surface area contributed by atoms with Crippen molar-refractivity contribution in [3.63, 3.8) is 0 Å². The van der Waals surface area contributed by atoms with E-state index >= 15 is 0 Å². The molecule has 1 N–H and O–H groups in total. The third-order valence-electron chi connectivity index (χ3n) is 4.41. The molecule has 0 unspecified atom stereocenters. The summed E-state index contributed by atoms with van der Waals surface area (Å²) in [6.45, 7) is 0. The molecule has 0 atom stereocenters. The summed E-state index contributed by atoms with van der Waals surface area (Å²) in [5, 5.41) is 8.23. The fourth-order valence-electron chi connectivity index (χ4n) is 3.18. The molecule has 130 valence electrons. The normalized spacial score (nSPS) is 15.5. The molecule has 1 aliphatic carbocycles. The number of nitrogens with one attached hydrogen (secondary N) is 1. The minimum Gasteiger partial charge on any atom is -0.363 e. The first-order valence-corrected chi connectivity index (χ1v) is 9.69. The van der Waals surface area contributed by atoms with Gasteiger partial charge in [0.05, 0.1) is 6.04 Å². The molecular formula is C17H18N4O3S. The summed E-state index contributed by atoms with van der Waals surface area (Å²) in [5.41, 5.74) is 1.21. The minimum atomic E-state index is -3.83. The third-order valence-corrected chi connectivity index (χ3v) is 5.77. The van der Waals surface area contributed by atoms with Crippen LogP contribution in [0.5, 0.6) is 0 Å². The molecule has 0 saturated heterocycles. The first-order valence-electron chi connectivity index (χ1n) is 8.21. The zero-order valence-corrected chi connectivity index (χ0v) is 14.3. The van der Waals surface area contributed by atoms with Crippen molar-refractivity contribution in [1.82, 2.24) is 14.9 Å². The van der Waals surface area contributed by atoms with Crippen LogP contribution in [0.2, 0.25) is 0 Å². The molecule has 0 spiro atoms. The molecule has 1 fully saturated rings. The zero-order chi connectivity index (χ0) is 17.3. The minimum absolute atomic E-state index is 0.146. The highest BCUT2D eigenvalue weighted by atomic mass is 32.2. The van der Waals surface area contributed by atoms with Gasteiger partial charge in [-0.1, -0.05) is 48.3 Å². The van der Waals surface area contributed by atoms with Crippen LogP contribution >= 0.6 is 0 Å². The van der Waals surface area contributed by atoms with Gasteiger partial charge in [0.1, 0.15) is 16.9 Å². The Balaban J connectivity index is 1.79. The Labute approximate surface area is 145 Å². The number of sulfonamides is 1. The van der Waals surface area contributed by atoms with E-state index in [0.29, 0.717) is 5.69 Å². The van der Waals surface area contributed by atoms with E-state index in [4.69, 9.17) is 4.52 Å². The quantitative estimate of drug-likeness (QED) is 0.754. The van der Waals surface area contributed by atoms with Crippen molar-refractivity contribution in [2.24, 2.45) is 0 Å².